The molecule has 0 radical (unpaired) electrons. The third-order valence-corrected chi connectivity index (χ3v) is 5.59. The monoisotopic (exact) mass is 288 g/mol. The summed E-state index contributed by atoms with van der Waals surface area (Å²) in [5, 5.41) is 3.65. The summed E-state index contributed by atoms with van der Waals surface area (Å²) in [6, 6.07) is 0. The van der Waals surface area contributed by atoms with Crippen LogP contribution in [0.2, 0.25) is 0 Å². The Kier molecular flexibility index (Phi) is 4.29. The highest BCUT2D eigenvalue weighted by Gasteiger charge is 2.44. The van der Waals surface area contributed by atoms with Crippen LogP contribution in [0.1, 0.15) is 46.0 Å². The lowest BCUT2D eigenvalue weighted by atomic mass is 9.77. The van der Waals surface area contributed by atoms with Gasteiger partial charge in [-0.15, -0.1) is 0 Å². The molecule has 112 valence electrons. The molecule has 1 N–H and O–H groups in total. The van der Waals surface area contributed by atoms with E-state index < -0.39 is 9.84 Å². The van der Waals surface area contributed by atoms with Crippen LogP contribution in [0.15, 0.2) is 0 Å². The molecule has 0 amide bonds. The Hall–Kier alpha value is -0.130. The van der Waals surface area contributed by atoms with Crippen molar-refractivity contribution < 1.29 is 8.42 Å². The summed E-state index contributed by atoms with van der Waals surface area (Å²) in [7, 11) is -2.88. The van der Waals surface area contributed by atoms with Crippen LogP contribution < -0.4 is 5.32 Å². The van der Waals surface area contributed by atoms with E-state index in [2.05, 4.69) is 24.1 Å². The molecule has 1 spiro atoms. The predicted octanol–water partition coefficient (Wildman–Crippen LogP) is 1.42. The highest BCUT2D eigenvalue weighted by molar-refractivity contribution is 7.90. The quantitative estimate of drug-likeness (QED) is 0.853. The molecule has 5 heteroatoms. The largest absolute Gasteiger partial charge is 0.309 e. The first-order valence-electron chi connectivity index (χ1n) is 7.40. The van der Waals surface area contributed by atoms with E-state index in [0.717, 1.165) is 13.1 Å². The molecule has 2 fully saturated rings. The second-order valence-electron chi connectivity index (χ2n) is 7.07. The van der Waals surface area contributed by atoms with Crippen molar-refractivity contribution in [3.8, 4) is 0 Å². The minimum Gasteiger partial charge on any atom is -0.309 e. The van der Waals surface area contributed by atoms with Crippen LogP contribution in [0.4, 0.5) is 0 Å². The SMILES string of the molecule is CC1(C)CN(CCS(C)(=O)=O)C2(CCCCC2)CN1. The van der Waals surface area contributed by atoms with Gasteiger partial charge in [0.2, 0.25) is 0 Å². The molecular weight excluding hydrogens is 260 g/mol. The van der Waals surface area contributed by atoms with Crippen molar-refractivity contribution in [1.82, 2.24) is 10.2 Å². The summed E-state index contributed by atoms with van der Waals surface area (Å²) in [5.41, 5.74) is 0.290. The number of piperazine rings is 1. The minimum absolute atomic E-state index is 0.0835. The average Bonchev–Trinajstić information content (AvgIpc) is 2.31. The van der Waals surface area contributed by atoms with E-state index >= 15 is 0 Å². The van der Waals surface area contributed by atoms with Crippen molar-refractivity contribution in [2.24, 2.45) is 0 Å². The van der Waals surface area contributed by atoms with Crippen LogP contribution in [0.25, 0.3) is 0 Å². The number of hydrogen-bond acceptors (Lipinski definition) is 4. The van der Waals surface area contributed by atoms with Crippen LogP contribution in [0.5, 0.6) is 0 Å². The summed E-state index contributed by atoms with van der Waals surface area (Å²) in [5.74, 6) is 0.283. The summed E-state index contributed by atoms with van der Waals surface area (Å²) in [6.45, 7) is 7.04. The number of nitrogens with zero attached hydrogens (tertiary/aromatic N) is 1. The maximum Gasteiger partial charge on any atom is 0.148 e. The van der Waals surface area contributed by atoms with Crippen LogP contribution in [-0.4, -0.2) is 56.0 Å². The third kappa shape index (κ3) is 3.92. The van der Waals surface area contributed by atoms with Crippen LogP contribution in [0, 0.1) is 0 Å². The first-order valence-corrected chi connectivity index (χ1v) is 9.46. The fraction of sp³-hybridized carbons (Fsp3) is 1.00. The lowest BCUT2D eigenvalue weighted by molar-refractivity contribution is -0.00532. The summed E-state index contributed by atoms with van der Waals surface area (Å²) in [6.07, 6.45) is 7.63. The molecule has 0 unspecified atom stereocenters. The summed E-state index contributed by atoms with van der Waals surface area (Å²) >= 11 is 0. The fourth-order valence-electron chi connectivity index (χ4n) is 3.51. The van der Waals surface area contributed by atoms with Crippen LogP contribution in [0.3, 0.4) is 0 Å². The van der Waals surface area contributed by atoms with Crippen molar-refractivity contribution in [3.63, 3.8) is 0 Å². The molecule has 2 aliphatic rings. The Morgan fingerprint density at radius 1 is 1.16 bits per heavy atom. The van der Waals surface area contributed by atoms with Crippen LogP contribution in [-0.2, 0) is 9.84 Å². The van der Waals surface area contributed by atoms with Crippen molar-refractivity contribution in [2.45, 2.75) is 57.0 Å². The van der Waals surface area contributed by atoms with E-state index in [4.69, 9.17) is 0 Å². The zero-order valence-corrected chi connectivity index (χ0v) is 13.4. The predicted molar refractivity (Wildman–Crippen MR) is 79.2 cm³/mol. The van der Waals surface area contributed by atoms with E-state index in [1.807, 2.05) is 0 Å². The van der Waals surface area contributed by atoms with Gasteiger partial charge in [0.25, 0.3) is 0 Å². The Morgan fingerprint density at radius 2 is 1.79 bits per heavy atom. The second-order valence-corrected chi connectivity index (χ2v) is 9.33. The molecule has 1 heterocycles. The molecule has 1 saturated heterocycles. The molecular formula is C14H28N2O2S. The van der Waals surface area contributed by atoms with Gasteiger partial charge in [-0.1, -0.05) is 19.3 Å². The first-order chi connectivity index (χ1) is 8.73. The average molecular weight is 288 g/mol. The Balaban J connectivity index is 2.11. The van der Waals surface area contributed by atoms with E-state index in [1.54, 1.807) is 0 Å². The van der Waals surface area contributed by atoms with Gasteiger partial charge in [0.1, 0.15) is 9.84 Å². The number of rotatable bonds is 3. The van der Waals surface area contributed by atoms with Gasteiger partial charge in [0.05, 0.1) is 5.75 Å². The van der Waals surface area contributed by atoms with E-state index in [9.17, 15) is 8.42 Å². The van der Waals surface area contributed by atoms with Gasteiger partial charge < -0.3 is 5.32 Å². The molecule has 2 rings (SSSR count). The normalized spacial score (nSPS) is 27.5. The van der Waals surface area contributed by atoms with Gasteiger partial charge in [-0.3, -0.25) is 4.90 Å². The third-order valence-electron chi connectivity index (χ3n) is 4.67. The standard InChI is InChI=1S/C14H28N2O2S/c1-13(2)12-16(9-10-19(3,17)18)14(11-15-13)7-5-4-6-8-14/h15H,4-12H2,1-3H3. The molecule has 19 heavy (non-hydrogen) atoms. The van der Waals surface area contributed by atoms with Crippen molar-refractivity contribution in [2.75, 3.05) is 31.6 Å². The van der Waals surface area contributed by atoms with E-state index in [-0.39, 0.29) is 16.8 Å². The van der Waals surface area contributed by atoms with Gasteiger partial charge >= 0.3 is 0 Å². The van der Waals surface area contributed by atoms with Crippen molar-refractivity contribution in [3.05, 3.63) is 0 Å². The van der Waals surface area contributed by atoms with E-state index in [1.165, 1.54) is 38.4 Å². The fourth-order valence-corrected chi connectivity index (χ4v) is 4.06. The van der Waals surface area contributed by atoms with Crippen molar-refractivity contribution >= 4 is 9.84 Å². The zero-order chi connectivity index (χ0) is 14.1. The summed E-state index contributed by atoms with van der Waals surface area (Å²) < 4.78 is 22.9. The highest BCUT2D eigenvalue weighted by Crippen LogP contribution is 2.36. The molecule has 1 saturated carbocycles. The second kappa shape index (κ2) is 5.34. The first kappa shape index (κ1) is 15.3. The molecule has 4 nitrogen and oxygen atoms in total. The smallest absolute Gasteiger partial charge is 0.148 e. The van der Waals surface area contributed by atoms with Gasteiger partial charge in [-0.2, -0.15) is 0 Å². The zero-order valence-electron chi connectivity index (χ0n) is 12.5. The molecule has 1 aliphatic carbocycles. The Bertz CT molecular complexity index is 411. The molecule has 0 atom stereocenters. The maximum atomic E-state index is 11.5. The number of nitrogens with one attached hydrogen (secondary N) is 1. The summed E-state index contributed by atoms with van der Waals surface area (Å²) in [4.78, 5) is 2.46. The molecule has 0 bridgehead atoms. The Labute approximate surface area is 117 Å². The maximum absolute atomic E-state index is 11.5. The lowest BCUT2D eigenvalue weighted by Crippen LogP contribution is -2.69. The van der Waals surface area contributed by atoms with Gasteiger partial charge in [0, 0.05) is 37.0 Å². The molecule has 1 aliphatic heterocycles. The van der Waals surface area contributed by atoms with Gasteiger partial charge in [0.15, 0.2) is 0 Å². The lowest BCUT2D eigenvalue weighted by Gasteiger charge is -2.54. The highest BCUT2D eigenvalue weighted by atomic mass is 32.2. The van der Waals surface area contributed by atoms with E-state index in [0.29, 0.717) is 6.54 Å². The number of sulfone groups is 1. The topological polar surface area (TPSA) is 49.4 Å². The Morgan fingerprint density at radius 3 is 2.37 bits per heavy atom. The van der Waals surface area contributed by atoms with Crippen LogP contribution >= 0.6 is 0 Å². The minimum atomic E-state index is -2.88. The van der Waals surface area contributed by atoms with Gasteiger partial charge in [-0.25, -0.2) is 8.42 Å². The van der Waals surface area contributed by atoms with Gasteiger partial charge in [-0.05, 0) is 26.7 Å². The van der Waals surface area contributed by atoms with Crippen molar-refractivity contribution in [1.29, 1.82) is 0 Å². The number of hydrogen-bond donors (Lipinski definition) is 1. The molecule has 0 aromatic heterocycles. The molecule has 0 aromatic carbocycles. The molecule has 0 aromatic rings.